The molecule has 0 saturated heterocycles. The number of thioether (sulfide) groups is 1. The van der Waals surface area contributed by atoms with Crippen LogP contribution in [0.25, 0.3) is 0 Å². The Morgan fingerprint density at radius 2 is 2.00 bits per heavy atom. The van der Waals surface area contributed by atoms with Crippen molar-refractivity contribution in [2.45, 2.75) is 38.6 Å². The molecule has 0 spiro atoms. The summed E-state index contributed by atoms with van der Waals surface area (Å²) in [6, 6.07) is 7.87. The van der Waals surface area contributed by atoms with E-state index in [1.165, 1.54) is 0 Å². The van der Waals surface area contributed by atoms with Crippen molar-refractivity contribution in [1.82, 2.24) is 9.78 Å². The zero-order chi connectivity index (χ0) is 17.5. The third-order valence-electron chi connectivity index (χ3n) is 3.71. The predicted octanol–water partition coefficient (Wildman–Crippen LogP) is 3.90. The largest absolute Gasteiger partial charge is 0.384 e. The summed E-state index contributed by atoms with van der Waals surface area (Å²) in [5, 5.41) is 7.42. The van der Waals surface area contributed by atoms with Gasteiger partial charge in [-0.25, -0.2) is 0 Å². The average molecular weight is 347 g/mol. The Bertz CT molecular complexity index is 680. The normalized spacial score (nSPS) is 10.8. The van der Waals surface area contributed by atoms with Crippen LogP contribution in [0.1, 0.15) is 35.1 Å². The third-order valence-corrected chi connectivity index (χ3v) is 4.69. The first-order valence-electron chi connectivity index (χ1n) is 8.14. The zero-order valence-corrected chi connectivity index (χ0v) is 15.6. The highest BCUT2D eigenvalue weighted by molar-refractivity contribution is 7.99. The Morgan fingerprint density at radius 1 is 1.29 bits per heavy atom. The number of methoxy groups -OCH3 is 1. The van der Waals surface area contributed by atoms with E-state index in [0.29, 0.717) is 5.56 Å². The molecule has 0 saturated carbocycles. The van der Waals surface area contributed by atoms with Crippen molar-refractivity contribution in [3.05, 3.63) is 41.2 Å². The van der Waals surface area contributed by atoms with E-state index in [4.69, 9.17) is 4.74 Å². The smallest absolute Gasteiger partial charge is 0.259 e. The van der Waals surface area contributed by atoms with Crippen LogP contribution in [0, 0.1) is 13.8 Å². The summed E-state index contributed by atoms with van der Waals surface area (Å²) in [6.07, 6.45) is 0.991. The molecule has 0 radical (unpaired) electrons. The van der Waals surface area contributed by atoms with Gasteiger partial charge in [0.15, 0.2) is 0 Å². The molecule has 1 N–H and O–H groups in total. The number of anilines is 1. The average Bonchev–Trinajstić information content (AvgIpc) is 2.84. The van der Waals surface area contributed by atoms with Gasteiger partial charge in [-0.15, -0.1) is 11.8 Å². The zero-order valence-electron chi connectivity index (χ0n) is 14.8. The lowest BCUT2D eigenvalue weighted by molar-refractivity contribution is 0.102. The fraction of sp³-hybridized carbons (Fsp3) is 0.444. The second-order valence-corrected chi connectivity index (χ2v) is 6.76. The van der Waals surface area contributed by atoms with Crippen molar-refractivity contribution >= 4 is 23.4 Å². The van der Waals surface area contributed by atoms with Gasteiger partial charge < -0.3 is 10.1 Å². The Kier molecular flexibility index (Phi) is 6.87. The molecule has 6 heteroatoms. The number of aryl methyl sites for hydroxylation is 2. The first kappa shape index (κ1) is 18.5. The van der Waals surface area contributed by atoms with Crippen molar-refractivity contribution in [2.24, 2.45) is 0 Å². The number of carbonyl (C=O) groups excluding carboxylic acids is 1. The molecule has 130 valence electrons. The fourth-order valence-corrected chi connectivity index (χ4v) is 3.34. The summed E-state index contributed by atoms with van der Waals surface area (Å²) in [7, 11) is 1.70. The van der Waals surface area contributed by atoms with Crippen molar-refractivity contribution in [3.63, 3.8) is 0 Å². The molecule has 0 fully saturated rings. The summed E-state index contributed by atoms with van der Waals surface area (Å²) < 4.78 is 6.95. The summed E-state index contributed by atoms with van der Waals surface area (Å²) in [5.74, 6) is 0.809. The van der Waals surface area contributed by atoms with Crippen LogP contribution < -0.4 is 5.32 Å². The molecule has 5 nitrogen and oxygen atoms in total. The molecule has 0 aliphatic carbocycles. The van der Waals surface area contributed by atoms with Crippen LogP contribution in [0.5, 0.6) is 0 Å². The third kappa shape index (κ3) is 4.61. The van der Waals surface area contributed by atoms with E-state index >= 15 is 0 Å². The van der Waals surface area contributed by atoms with Crippen LogP contribution in [0.2, 0.25) is 0 Å². The monoisotopic (exact) mass is 347 g/mol. The molecule has 0 bridgehead atoms. The van der Waals surface area contributed by atoms with Crippen LogP contribution in [-0.2, 0) is 11.3 Å². The van der Waals surface area contributed by atoms with Gasteiger partial charge in [0.05, 0.1) is 17.9 Å². The summed E-state index contributed by atoms with van der Waals surface area (Å²) in [4.78, 5) is 13.7. The highest BCUT2D eigenvalue weighted by atomic mass is 32.2. The minimum Gasteiger partial charge on any atom is -0.384 e. The SMILES string of the molecule is CCCn1nc(C)c(C(=O)Nc2ccc(SCCOC)cc2)c1C. The molecule has 1 amide bonds. The fourth-order valence-electron chi connectivity index (χ4n) is 2.53. The number of rotatable bonds is 8. The molecular weight excluding hydrogens is 322 g/mol. The molecule has 0 aliphatic heterocycles. The van der Waals surface area contributed by atoms with E-state index in [0.717, 1.165) is 47.3 Å². The van der Waals surface area contributed by atoms with Crippen LogP contribution in [-0.4, -0.2) is 35.2 Å². The first-order valence-corrected chi connectivity index (χ1v) is 9.12. The first-order chi connectivity index (χ1) is 11.6. The van der Waals surface area contributed by atoms with Gasteiger partial charge in [-0.05, 0) is 44.5 Å². The van der Waals surface area contributed by atoms with Crippen LogP contribution in [0.3, 0.4) is 0 Å². The maximum Gasteiger partial charge on any atom is 0.259 e. The number of carbonyl (C=O) groups is 1. The molecule has 1 aromatic carbocycles. The maximum absolute atomic E-state index is 12.6. The van der Waals surface area contributed by atoms with Gasteiger partial charge in [0, 0.05) is 35.7 Å². The predicted molar refractivity (Wildman–Crippen MR) is 99.0 cm³/mol. The minimum absolute atomic E-state index is 0.105. The lowest BCUT2D eigenvalue weighted by Gasteiger charge is -2.07. The second kappa shape index (κ2) is 8.89. The van der Waals surface area contributed by atoms with Crippen molar-refractivity contribution < 1.29 is 9.53 Å². The lowest BCUT2D eigenvalue weighted by Crippen LogP contribution is -2.14. The number of aromatic nitrogens is 2. The van der Waals surface area contributed by atoms with Gasteiger partial charge in [0.2, 0.25) is 0 Å². The second-order valence-electron chi connectivity index (χ2n) is 5.59. The highest BCUT2D eigenvalue weighted by Gasteiger charge is 2.18. The Morgan fingerprint density at radius 3 is 2.62 bits per heavy atom. The van der Waals surface area contributed by atoms with E-state index in [-0.39, 0.29) is 5.91 Å². The number of ether oxygens (including phenoxy) is 1. The van der Waals surface area contributed by atoms with Crippen molar-refractivity contribution in [1.29, 1.82) is 0 Å². The number of hydrogen-bond donors (Lipinski definition) is 1. The lowest BCUT2D eigenvalue weighted by atomic mass is 10.2. The molecule has 2 aromatic rings. The Hall–Kier alpha value is -1.79. The molecule has 2 rings (SSSR count). The quantitative estimate of drug-likeness (QED) is 0.581. The van der Waals surface area contributed by atoms with Crippen LogP contribution in [0.15, 0.2) is 29.2 Å². The van der Waals surface area contributed by atoms with Crippen molar-refractivity contribution in [3.8, 4) is 0 Å². The van der Waals surface area contributed by atoms with Crippen molar-refractivity contribution in [2.75, 3.05) is 24.8 Å². The number of benzene rings is 1. The molecule has 0 atom stereocenters. The van der Waals surface area contributed by atoms with E-state index < -0.39 is 0 Å². The topological polar surface area (TPSA) is 56.2 Å². The van der Waals surface area contributed by atoms with Crippen LogP contribution in [0.4, 0.5) is 5.69 Å². The molecule has 0 unspecified atom stereocenters. The Balaban J connectivity index is 2.04. The molecule has 1 aromatic heterocycles. The molecule has 0 aliphatic rings. The molecule has 1 heterocycles. The summed E-state index contributed by atoms with van der Waals surface area (Å²) in [5.41, 5.74) is 3.14. The number of hydrogen-bond acceptors (Lipinski definition) is 4. The van der Waals surface area contributed by atoms with E-state index in [9.17, 15) is 4.79 Å². The molecular formula is C18H25N3O2S. The van der Waals surface area contributed by atoms with Gasteiger partial charge in [-0.2, -0.15) is 5.10 Å². The van der Waals surface area contributed by atoms with Gasteiger partial charge in [-0.1, -0.05) is 6.92 Å². The van der Waals surface area contributed by atoms with E-state index in [1.54, 1.807) is 18.9 Å². The van der Waals surface area contributed by atoms with Gasteiger partial charge in [0.1, 0.15) is 0 Å². The highest BCUT2D eigenvalue weighted by Crippen LogP contribution is 2.21. The van der Waals surface area contributed by atoms with E-state index in [2.05, 4.69) is 17.3 Å². The van der Waals surface area contributed by atoms with Gasteiger partial charge in [-0.3, -0.25) is 9.48 Å². The minimum atomic E-state index is -0.105. The van der Waals surface area contributed by atoms with Gasteiger partial charge >= 0.3 is 0 Å². The number of nitrogens with zero attached hydrogens (tertiary/aromatic N) is 2. The maximum atomic E-state index is 12.6. The standard InChI is InChI=1S/C18H25N3O2S/c1-5-10-21-14(3)17(13(2)20-21)18(22)19-15-6-8-16(9-7-15)24-12-11-23-4/h6-9H,5,10-12H2,1-4H3,(H,19,22). The Labute approximate surface area is 147 Å². The van der Waals surface area contributed by atoms with E-state index in [1.807, 2.05) is 42.8 Å². The van der Waals surface area contributed by atoms with Crippen LogP contribution >= 0.6 is 11.8 Å². The summed E-state index contributed by atoms with van der Waals surface area (Å²) >= 11 is 1.73. The number of nitrogens with one attached hydrogen (secondary N) is 1. The number of amides is 1. The van der Waals surface area contributed by atoms with Gasteiger partial charge in [0.25, 0.3) is 5.91 Å². The molecule has 24 heavy (non-hydrogen) atoms. The summed E-state index contributed by atoms with van der Waals surface area (Å²) in [6.45, 7) is 7.48.